The first-order valence-corrected chi connectivity index (χ1v) is 6.74. The van der Waals surface area contributed by atoms with Crippen LogP contribution in [0.25, 0.3) is 0 Å². The van der Waals surface area contributed by atoms with Gasteiger partial charge in [0.15, 0.2) is 0 Å². The average Bonchev–Trinajstić information content (AvgIpc) is 2.97. The molecule has 0 aromatic carbocycles. The summed E-state index contributed by atoms with van der Waals surface area (Å²) in [5, 5.41) is 3.71. The molecule has 2 rings (SSSR count). The van der Waals surface area contributed by atoms with Gasteiger partial charge in [-0.3, -0.25) is 0 Å². The molecule has 0 bridgehead atoms. The van der Waals surface area contributed by atoms with Crippen LogP contribution in [0.3, 0.4) is 0 Å². The molecule has 2 saturated carbocycles. The van der Waals surface area contributed by atoms with Gasteiger partial charge in [0.2, 0.25) is 0 Å². The van der Waals surface area contributed by atoms with Gasteiger partial charge in [0.05, 0.1) is 0 Å². The van der Waals surface area contributed by atoms with Crippen LogP contribution in [0, 0.1) is 17.8 Å². The van der Waals surface area contributed by atoms with E-state index < -0.39 is 0 Å². The molecule has 0 amide bonds. The lowest BCUT2D eigenvalue weighted by Gasteiger charge is -2.25. The van der Waals surface area contributed by atoms with E-state index >= 15 is 0 Å². The summed E-state index contributed by atoms with van der Waals surface area (Å²) >= 11 is 0. The van der Waals surface area contributed by atoms with Gasteiger partial charge in [-0.15, -0.1) is 0 Å². The van der Waals surface area contributed by atoms with Crippen molar-refractivity contribution in [2.24, 2.45) is 23.5 Å². The number of rotatable bonds is 6. The number of hydrogen-bond acceptors (Lipinski definition) is 2. The molecule has 0 spiro atoms. The van der Waals surface area contributed by atoms with E-state index in [0.29, 0.717) is 6.04 Å². The second kappa shape index (κ2) is 5.31. The van der Waals surface area contributed by atoms with E-state index in [0.717, 1.165) is 24.3 Å². The minimum atomic E-state index is 0.591. The molecule has 0 saturated heterocycles. The summed E-state index contributed by atoms with van der Waals surface area (Å²) in [5.41, 5.74) is 5.87. The Morgan fingerprint density at radius 1 is 1.13 bits per heavy atom. The van der Waals surface area contributed by atoms with Gasteiger partial charge in [-0.2, -0.15) is 0 Å². The van der Waals surface area contributed by atoms with E-state index in [1.165, 1.54) is 45.1 Å². The summed E-state index contributed by atoms with van der Waals surface area (Å²) < 4.78 is 0. The van der Waals surface area contributed by atoms with Gasteiger partial charge >= 0.3 is 0 Å². The third kappa shape index (κ3) is 3.18. The standard InChI is InChI=1S/C13H26N2/c1-10(11-6-7-11)9-15-13(8-14)12-4-2-3-5-12/h10-13,15H,2-9,14H2,1H3. The van der Waals surface area contributed by atoms with Crippen LogP contribution in [0.4, 0.5) is 0 Å². The number of nitrogens with one attached hydrogen (secondary N) is 1. The van der Waals surface area contributed by atoms with Crippen LogP contribution in [0.15, 0.2) is 0 Å². The minimum Gasteiger partial charge on any atom is -0.329 e. The Bertz CT molecular complexity index is 183. The van der Waals surface area contributed by atoms with Crippen molar-refractivity contribution in [2.45, 2.75) is 51.5 Å². The molecule has 0 heterocycles. The molecule has 15 heavy (non-hydrogen) atoms. The first kappa shape index (κ1) is 11.4. The summed E-state index contributed by atoms with van der Waals surface area (Å²) in [6.45, 7) is 4.39. The van der Waals surface area contributed by atoms with E-state index in [-0.39, 0.29) is 0 Å². The Balaban J connectivity index is 1.69. The molecule has 2 aliphatic carbocycles. The van der Waals surface area contributed by atoms with Gasteiger partial charge in [0, 0.05) is 12.6 Å². The fourth-order valence-corrected chi connectivity index (χ4v) is 2.97. The smallest absolute Gasteiger partial charge is 0.0218 e. The maximum absolute atomic E-state index is 5.87. The number of nitrogens with two attached hydrogens (primary N) is 1. The number of hydrogen-bond donors (Lipinski definition) is 2. The van der Waals surface area contributed by atoms with E-state index in [4.69, 9.17) is 5.73 Å². The molecule has 2 aliphatic rings. The average molecular weight is 210 g/mol. The summed E-state index contributed by atoms with van der Waals surface area (Å²) in [4.78, 5) is 0. The molecule has 2 heteroatoms. The molecule has 2 atom stereocenters. The molecular formula is C13H26N2. The van der Waals surface area contributed by atoms with E-state index in [2.05, 4.69) is 12.2 Å². The second-order valence-corrected chi connectivity index (χ2v) is 5.61. The normalized spacial score (nSPS) is 26.8. The predicted molar refractivity (Wildman–Crippen MR) is 64.7 cm³/mol. The van der Waals surface area contributed by atoms with Crippen LogP contribution in [0.5, 0.6) is 0 Å². The van der Waals surface area contributed by atoms with Crippen molar-refractivity contribution < 1.29 is 0 Å². The molecule has 0 radical (unpaired) electrons. The Hall–Kier alpha value is -0.0800. The Morgan fingerprint density at radius 3 is 2.33 bits per heavy atom. The monoisotopic (exact) mass is 210 g/mol. The highest BCUT2D eigenvalue weighted by Crippen LogP contribution is 2.36. The predicted octanol–water partition coefficient (Wildman–Crippen LogP) is 2.14. The van der Waals surface area contributed by atoms with Crippen LogP contribution in [-0.4, -0.2) is 19.1 Å². The highest BCUT2D eigenvalue weighted by molar-refractivity contribution is 4.85. The Labute approximate surface area is 94.0 Å². The van der Waals surface area contributed by atoms with E-state index in [9.17, 15) is 0 Å². The van der Waals surface area contributed by atoms with Gasteiger partial charge in [0.1, 0.15) is 0 Å². The maximum atomic E-state index is 5.87. The van der Waals surface area contributed by atoms with Crippen LogP contribution >= 0.6 is 0 Å². The topological polar surface area (TPSA) is 38.0 Å². The molecule has 0 aromatic rings. The van der Waals surface area contributed by atoms with Crippen molar-refractivity contribution in [3.8, 4) is 0 Å². The van der Waals surface area contributed by atoms with Crippen molar-refractivity contribution in [1.29, 1.82) is 0 Å². The highest BCUT2D eigenvalue weighted by atomic mass is 14.9. The lowest BCUT2D eigenvalue weighted by atomic mass is 9.97. The summed E-state index contributed by atoms with van der Waals surface area (Å²) in [6.07, 6.45) is 8.54. The van der Waals surface area contributed by atoms with Crippen LogP contribution in [-0.2, 0) is 0 Å². The van der Waals surface area contributed by atoms with Crippen molar-refractivity contribution in [1.82, 2.24) is 5.32 Å². The molecule has 88 valence electrons. The molecular weight excluding hydrogens is 184 g/mol. The molecule has 2 nitrogen and oxygen atoms in total. The summed E-state index contributed by atoms with van der Waals surface area (Å²) in [7, 11) is 0. The second-order valence-electron chi connectivity index (χ2n) is 5.61. The largest absolute Gasteiger partial charge is 0.329 e. The molecule has 0 aliphatic heterocycles. The van der Waals surface area contributed by atoms with Gasteiger partial charge in [-0.1, -0.05) is 19.8 Å². The van der Waals surface area contributed by atoms with Gasteiger partial charge in [-0.05, 0) is 50.0 Å². The van der Waals surface area contributed by atoms with Crippen LogP contribution in [0.1, 0.15) is 45.4 Å². The fourth-order valence-electron chi connectivity index (χ4n) is 2.97. The van der Waals surface area contributed by atoms with Crippen LogP contribution < -0.4 is 11.1 Å². The van der Waals surface area contributed by atoms with Gasteiger partial charge < -0.3 is 11.1 Å². The zero-order chi connectivity index (χ0) is 10.7. The Kier molecular flexibility index (Phi) is 4.04. The Morgan fingerprint density at radius 2 is 1.80 bits per heavy atom. The zero-order valence-electron chi connectivity index (χ0n) is 10.0. The van der Waals surface area contributed by atoms with E-state index in [1.807, 2.05) is 0 Å². The molecule has 2 unspecified atom stereocenters. The van der Waals surface area contributed by atoms with Crippen LogP contribution in [0.2, 0.25) is 0 Å². The molecule has 3 N–H and O–H groups in total. The SMILES string of the molecule is CC(CNC(CN)C1CCCC1)C1CC1. The van der Waals surface area contributed by atoms with Crippen molar-refractivity contribution in [3.05, 3.63) is 0 Å². The van der Waals surface area contributed by atoms with Gasteiger partial charge in [-0.25, -0.2) is 0 Å². The van der Waals surface area contributed by atoms with E-state index in [1.54, 1.807) is 0 Å². The quantitative estimate of drug-likeness (QED) is 0.705. The first-order chi connectivity index (χ1) is 7.31. The lowest BCUT2D eigenvalue weighted by molar-refractivity contribution is 0.333. The molecule has 0 aromatic heterocycles. The van der Waals surface area contributed by atoms with Crippen molar-refractivity contribution >= 4 is 0 Å². The third-order valence-corrected chi connectivity index (χ3v) is 4.35. The highest BCUT2D eigenvalue weighted by Gasteiger charge is 2.29. The zero-order valence-corrected chi connectivity index (χ0v) is 10.0. The van der Waals surface area contributed by atoms with Crippen molar-refractivity contribution in [2.75, 3.05) is 13.1 Å². The summed E-state index contributed by atoms with van der Waals surface area (Å²) in [6, 6.07) is 0.591. The fraction of sp³-hybridized carbons (Fsp3) is 1.00. The van der Waals surface area contributed by atoms with Crippen molar-refractivity contribution in [3.63, 3.8) is 0 Å². The third-order valence-electron chi connectivity index (χ3n) is 4.35. The minimum absolute atomic E-state index is 0.591. The first-order valence-electron chi connectivity index (χ1n) is 6.74. The van der Waals surface area contributed by atoms with Gasteiger partial charge in [0.25, 0.3) is 0 Å². The summed E-state index contributed by atoms with van der Waals surface area (Å²) in [5.74, 6) is 2.74. The maximum Gasteiger partial charge on any atom is 0.0218 e. The molecule has 2 fully saturated rings. The lowest BCUT2D eigenvalue weighted by Crippen LogP contribution is -2.43.